The van der Waals surface area contributed by atoms with E-state index >= 15 is 0 Å². The zero-order chi connectivity index (χ0) is 14.9. The van der Waals surface area contributed by atoms with Crippen LogP contribution < -0.4 is 5.32 Å². The first-order chi connectivity index (χ1) is 9.40. The van der Waals surface area contributed by atoms with Crippen LogP contribution in [-0.4, -0.2) is 17.0 Å². The van der Waals surface area contributed by atoms with E-state index in [1.54, 1.807) is 12.1 Å². The maximum atomic E-state index is 12.9. The summed E-state index contributed by atoms with van der Waals surface area (Å²) < 4.78 is 12.9. The summed E-state index contributed by atoms with van der Waals surface area (Å²) in [5.41, 5.74) is 0.822. The summed E-state index contributed by atoms with van der Waals surface area (Å²) in [7, 11) is 0. The average Bonchev–Trinajstić information content (AvgIpc) is 3.17. The van der Waals surface area contributed by atoms with E-state index in [1.807, 2.05) is 13.8 Å². The molecule has 20 heavy (non-hydrogen) atoms. The minimum Gasteiger partial charge on any atom is -0.481 e. The van der Waals surface area contributed by atoms with E-state index in [0.717, 1.165) is 5.56 Å². The van der Waals surface area contributed by atoms with E-state index in [-0.39, 0.29) is 23.7 Å². The lowest BCUT2D eigenvalue weighted by Crippen LogP contribution is -2.33. The van der Waals surface area contributed by atoms with Gasteiger partial charge in [-0.05, 0) is 30.0 Å². The van der Waals surface area contributed by atoms with Crippen LogP contribution in [0.25, 0.3) is 0 Å². The molecule has 0 spiro atoms. The molecule has 0 aromatic heterocycles. The topological polar surface area (TPSA) is 66.4 Å². The molecule has 0 radical (unpaired) electrons. The second-order valence-electron chi connectivity index (χ2n) is 5.57. The van der Waals surface area contributed by atoms with Crippen LogP contribution in [0, 0.1) is 23.6 Å². The zero-order valence-electron chi connectivity index (χ0n) is 11.5. The Bertz CT molecular complexity index is 512. The number of carbonyl (C=O) groups is 2. The number of hydrogen-bond donors (Lipinski definition) is 2. The molecular formula is C15H18FNO3. The van der Waals surface area contributed by atoms with Crippen molar-refractivity contribution in [1.82, 2.24) is 5.32 Å². The second kappa shape index (κ2) is 5.61. The normalized spacial score (nSPS) is 22.4. The highest BCUT2D eigenvalue weighted by atomic mass is 19.1. The van der Waals surface area contributed by atoms with Gasteiger partial charge in [0.05, 0.1) is 17.9 Å². The molecule has 0 saturated heterocycles. The monoisotopic (exact) mass is 279 g/mol. The van der Waals surface area contributed by atoms with Gasteiger partial charge in [0, 0.05) is 0 Å². The van der Waals surface area contributed by atoms with Crippen LogP contribution in [0.3, 0.4) is 0 Å². The fraction of sp³-hybridized carbons (Fsp3) is 0.467. The summed E-state index contributed by atoms with van der Waals surface area (Å²) in [5, 5.41) is 11.7. The molecule has 1 fully saturated rings. The standard InChI is InChI=1S/C15H18FNO3/c1-8(2)13(9-3-5-10(16)6-4-9)17-14(18)11-7-12(11)15(19)20/h3-6,8,11-13H,7H2,1-2H3,(H,17,18)(H,19,20). The number of benzene rings is 1. The van der Waals surface area contributed by atoms with Gasteiger partial charge in [-0.2, -0.15) is 0 Å². The molecule has 0 bridgehead atoms. The van der Waals surface area contributed by atoms with Crippen molar-refractivity contribution in [2.75, 3.05) is 0 Å². The summed E-state index contributed by atoms with van der Waals surface area (Å²) in [6, 6.07) is 5.75. The number of nitrogens with one attached hydrogen (secondary N) is 1. The van der Waals surface area contributed by atoms with Crippen LogP contribution in [0.5, 0.6) is 0 Å². The van der Waals surface area contributed by atoms with Crippen molar-refractivity contribution >= 4 is 11.9 Å². The molecule has 1 saturated carbocycles. The number of rotatable bonds is 5. The molecule has 1 aliphatic carbocycles. The van der Waals surface area contributed by atoms with E-state index in [2.05, 4.69) is 5.32 Å². The number of carboxylic acids is 1. The number of halogens is 1. The van der Waals surface area contributed by atoms with Gasteiger partial charge in [0.2, 0.25) is 5.91 Å². The van der Waals surface area contributed by atoms with Crippen LogP contribution in [0.4, 0.5) is 4.39 Å². The molecule has 2 N–H and O–H groups in total. The minimum atomic E-state index is -0.923. The first-order valence-corrected chi connectivity index (χ1v) is 6.68. The number of hydrogen-bond acceptors (Lipinski definition) is 2. The van der Waals surface area contributed by atoms with E-state index in [0.29, 0.717) is 6.42 Å². The number of carbonyl (C=O) groups excluding carboxylic acids is 1. The number of amides is 1. The van der Waals surface area contributed by atoms with E-state index < -0.39 is 17.8 Å². The van der Waals surface area contributed by atoms with Crippen molar-refractivity contribution in [3.05, 3.63) is 35.6 Å². The van der Waals surface area contributed by atoms with Crippen molar-refractivity contribution in [3.63, 3.8) is 0 Å². The Balaban J connectivity index is 2.05. The van der Waals surface area contributed by atoms with Crippen LogP contribution in [0.2, 0.25) is 0 Å². The molecule has 1 aliphatic rings. The lowest BCUT2D eigenvalue weighted by Gasteiger charge is -2.23. The Labute approximate surface area is 117 Å². The molecule has 3 atom stereocenters. The summed E-state index contributed by atoms with van der Waals surface area (Å²) in [4.78, 5) is 22.8. The second-order valence-corrected chi connectivity index (χ2v) is 5.57. The SMILES string of the molecule is CC(C)C(NC(=O)C1CC1C(=O)O)c1ccc(F)cc1. The summed E-state index contributed by atoms with van der Waals surface area (Å²) in [6.07, 6.45) is 0.398. The lowest BCUT2D eigenvalue weighted by atomic mass is 9.95. The van der Waals surface area contributed by atoms with Crippen LogP contribution in [-0.2, 0) is 9.59 Å². The van der Waals surface area contributed by atoms with E-state index in [1.165, 1.54) is 12.1 Å². The molecule has 0 aliphatic heterocycles. The molecule has 108 valence electrons. The fourth-order valence-corrected chi connectivity index (χ4v) is 2.32. The molecule has 1 amide bonds. The molecule has 1 aromatic carbocycles. The van der Waals surface area contributed by atoms with Crippen molar-refractivity contribution in [3.8, 4) is 0 Å². The third-order valence-corrected chi connectivity index (χ3v) is 3.64. The Morgan fingerprint density at radius 1 is 1.25 bits per heavy atom. The van der Waals surface area contributed by atoms with Gasteiger partial charge < -0.3 is 10.4 Å². The van der Waals surface area contributed by atoms with Gasteiger partial charge in [0.25, 0.3) is 0 Å². The summed E-state index contributed by atoms with van der Waals surface area (Å²) in [6.45, 7) is 3.91. The van der Waals surface area contributed by atoms with Crippen LogP contribution in [0.1, 0.15) is 31.9 Å². The number of aliphatic carboxylic acids is 1. The predicted octanol–water partition coefficient (Wildman–Crippen LogP) is 2.36. The third kappa shape index (κ3) is 3.15. The Morgan fingerprint density at radius 2 is 1.85 bits per heavy atom. The fourth-order valence-electron chi connectivity index (χ4n) is 2.32. The molecule has 2 rings (SSSR count). The van der Waals surface area contributed by atoms with Crippen molar-refractivity contribution < 1.29 is 19.1 Å². The molecule has 1 aromatic rings. The average molecular weight is 279 g/mol. The van der Waals surface area contributed by atoms with Gasteiger partial charge in [0.1, 0.15) is 5.82 Å². The largest absolute Gasteiger partial charge is 0.481 e. The molecule has 0 heterocycles. The molecular weight excluding hydrogens is 261 g/mol. The highest BCUT2D eigenvalue weighted by Crippen LogP contribution is 2.39. The van der Waals surface area contributed by atoms with Gasteiger partial charge in [-0.3, -0.25) is 9.59 Å². The van der Waals surface area contributed by atoms with Gasteiger partial charge >= 0.3 is 5.97 Å². The first kappa shape index (κ1) is 14.5. The van der Waals surface area contributed by atoms with Crippen molar-refractivity contribution in [2.24, 2.45) is 17.8 Å². The van der Waals surface area contributed by atoms with E-state index in [4.69, 9.17) is 5.11 Å². The quantitative estimate of drug-likeness (QED) is 0.869. The maximum absolute atomic E-state index is 12.9. The predicted molar refractivity (Wildman–Crippen MR) is 71.4 cm³/mol. The highest BCUT2D eigenvalue weighted by molar-refractivity contribution is 5.89. The molecule has 5 heteroatoms. The van der Waals surface area contributed by atoms with Crippen molar-refractivity contribution in [1.29, 1.82) is 0 Å². The summed E-state index contributed by atoms with van der Waals surface area (Å²) >= 11 is 0. The minimum absolute atomic E-state index is 0.131. The molecule has 4 nitrogen and oxygen atoms in total. The molecule has 3 unspecified atom stereocenters. The van der Waals surface area contributed by atoms with Gasteiger partial charge in [-0.25, -0.2) is 4.39 Å². The Hall–Kier alpha value is -1.91. The van der Waals surface area contributed by atoms with Gasteiger partial charge in [0.15, 0.2) is 0 Å². The third-order valence-electron chi connectivity index (χ3n) is 3.64. The highest BCUT2D eigenvalue weighted by Gasteiger charge is 2.48. The smallest absolute Gasteiger partial charge is 0.307 e. The first-order valence-electron chi connectivity index (χ1n) is 6.68. The van der Waals surface area contributed by atoms with Crippen molar-refractivity contribution in [2.45, 2.75) is 26.3 Å². The summed E-state index contributed by atoms with van der Waals surface area (Å²) in [5.74, 6) is -2.35. The maximum Gasteiger partial charge on any atom is 0.307 e. The van der Waals surface area contributed by atoms with Crippen LogP contribution in [0.15, 0.2) is 24.3 Å². The Kier molecular flexibility index (Phi) is 4.06. The van der Waals surface area contributed by atoms with Gasteiger partial charge in [-0.1, -0.05) is 26.0 Å². The number of carboxylic acid groups (broad SMARTS) is 1. The lowest BCUT2D eigenvalue weighted by molar-refractivity contribution is -0.140. The van der Waals surface area contributed by atoms with Crippen LogP contribution >= 0.6 is 0 Å². The zero-order valence-corrected chi connectivity index (χ0v) is 11.5. The van der Waals surface area contributed by atoms with Gasteiger partial charge in [-0.15, -0.1) is 0 Å². The Morgan fingerprint density at radius 3 is 2.30 bits per heavy atom. The van der Waals surface area contributed by atoms with E-state index in [9.17, 15) is 14.0 Å².